The smallest absolute Gasteiger partial charge is 0.223 e. The third-order valence-corrected chi connectivity index (χ3v) is 3.84. The molecule has 2 rings (SSSR count). The van der Waals surface area contributed by atoms with Crippen LogP contribution in [0.3, 0.4) is 0 Å². The van der Waals surface area contributed by atoms with E-state index in [-0.39, 0.29) is 11.8 Å². The van der Waals surface area contributed by atoms with Crippen molar-refractivity contribution in [2.45, 2.75) is 32.6 Å². The van der Waals surface area contributed by atoms with E-state index >= 15 is 0 Å². The molecule has 94 valence electrons. The summed E-state index contributed by atoms with van der Waals surface area (Å²) in [5.74, 6) is 0.194. The number of rotatable bonds is 2. The molecule has 0 saturated carbocycles. The Morgan fingerprint density at radius 1 is 1.53 bits per heavy atom. The molecule has 1 aromatic rings. The number of aromatic nitrogens is 2. The van der Waals surface area contributed by atoms with Crippen molar-refractivity contribution in [1.29, 1.82) is 0 Å². The first-order valence-corrected chi connectivity index (χ1v) is 6.43. The van der Waals surface area contributed by atoms with Gasteiger partial charge in [0.2, 0.25) is 5.91 Å². The molecule has 5 heteroatoms. The highest BCUT2D eigenvalue weighted by atomic mass is 35.5. The Hall–Kier alpha value is -1.03. The molecule has 1 atom stereocenters. The van der Waals surface area contributed by atoms with Crippen molar-refractivity contribution in [3.05, 3.63) is 16.4 Å². The maximum atomic E-state index is 11.9. The van der Waals surface area contributed by atoms with Gasteiger partial charge < -0.3 is 5.32 Å². The van der Waals surface area contributed by atoms with Crippen LogP contribution in [0.4, 0.5) is 0 Å². The first kappa shape index (κ1) is 12.4. The number of aryl methyl sites for hydroxylation is 2. The van der Waals surface area contributed by atoms with Crippen molar-refractivity contribution >= 4 is 17.5 Å². The number of hydrogen-bond acceptors (Lipinski definition) is 2. The van der Waals surface area contributed by atoms with Gasteiger partial charge in [0.1, 0.15) is 5.15 Å². The van der Waals surface area contributed by atoms with Crippen molar-refractivity contribution in [1.82, 2.24) is 15.1 Å². The van der Waals surface area contributed by atoms with Crippen LogP contribution in [-0.2, 0) is 18.3 Å². The van der Waals surface area contributed by atoms with Gasteiger partial charge in [0.25, 0.3) is 0 Å². The Kier molecular flexibility index (Phi) is 3.72. The summed E-state index contributed by atoms with van der Waals surface area (Å²) < 4.78 is 1.67. The molecule has 17 heavy (non-hydrogen) atoms. The molecule has 0 aromatic carbocycles. The van der Waals surface area contributed by atoms with Crippen molar-refractivity contribution < 1.29 is 4.79 Å². The number of halogens is 1. The highest BCUT2D eigenvalue weighted by molar-refractivity contribution is 6.30. The van der Waals surface area contributed by atoms with Crippen LogP contribution in [0.2, 0.25) is 5.15 Å². The van der Waals surface area contributed by atoms with Crippen LogP contribution < -0.4 is 5.32 Å². The number of nitrogens with zero attached hydrogens (tertiary/aromatic N) is 2. The van der Waals surface area contributed by atoms with E-state index in [9.17, 15) is 4.79 Å². The highest BCUT2D eigenvalue weighted by Crippen LogP contribution is 2.25. The van der Waals surface area contributed by atoms with Crippen LogP contribution >= 0.6 is 11.6 Å². The van der Waals surface area contributed by atoms with Gasteiger partial charge in [0.05, 0.1) is 5.69 Å². The van der Waals surface area contributed by atoms with Crippen LogP contribution in [0.5, 0.6) is 0 Å². The summed E-state index contributed by atoms with van der Waals surface area (Å²) in [5, 5.41) is 7.88. The molecule has 0 bridgehead atoms. The van der Waals surface area contributed by atoms with Gasteiger partial charge in [-0.2, -0.15) is 5.10 Å². The summed E-state index contributed by atoms with van der Waals surface area (Å²) in [6.07, 6.45) is 3.81. The number of nitrogens with one attached hydrogen (secondary N) is 1. The Morgan fingerprint density at radius 3 is 2.94 bits per heavy atom. The zero-order valence-electron chi connectivity index (χ0n) is 10.3. The van der Waals surface area contributed by atoms with E-state index in [0.29, 0.717) is 11.6 Å². The summed E-state index contributed by atoms with van der Waals surface area (Å²) in [6.45, 7) is 2.74. The minimum atomic E-state index is 0.0397. The zero-order valence-corrected chi connectivity index (χ0v) is 11.0. The average Bonchev–Trinajstić information content (AvgIpc) is 2.45. The molecular weight excluding hydrogens is 238 g/mol. The summed E-state index contributed by atoms with van der Waals surface area (Å²) in [5.41, 5.74) is 1.94. The second-order valence-electron chi connectivity index (χ2n) is 4.67. The molecular formula is C12H18ClN3O. The Morgan fingerprint density at radius 2 is 2.29 bits per heavy atom. The van der Waals surface area contributed by atoms with E-state index < -0.39 is 0 Å². The minimum Gasteiger partial charge on any atom is -0.356 e. The minimum absolute atomic E-state index is 0.0397. The molecule has 1 saturated heterocycles. The molecule has 1 fully saturated rings. The summed E-state index contributed by atoms with van der Waals surface area (Å²) in [4.78, 5) is 11.9. The lowest BCUT2D eigenvalue weighted by atomic mass is 9.95. The molecule has 1 aliphatic heterocycles. The Bertz CT molecular complexity index is 428. The van der Waals surface area contributed by atoms with Crippen LogP contribution in [-0.4, -0.2) is 22.2 Å². The lowest BCUT2D eigenvalue weighted by Crippen LogP contribution is -2.30. The largest absolute Gasteiger partial charge is 0.356 e. The maximum Gasteiger partial charge on any atom is 0.223 e. The van der Waals surface area contributed by atoms with Crippen molar-refractivity contribution in [2.75, 3.05) is 6.54 Å². The second kappa shape index (κ2) is 5.08. The Labute approximate surface area is 106 Å². The van der Waals surface area contributed by atoms with Gasteiger partial charge in [0, 0.05) is 25.1 Å². The third-order valence-electron chi connectivity index (χ3n) is 3.37. The van der Waals surface area contributed by atoms with Crippen molar-refractivity contribution in [2.24, 2.45) is 13.0 Å². The van der Waals surface area contributed by atoms with E-state index in [1.807, 2.05) is 14.0 Å². The first-order chi connectivity index (χ1) is 8.09. The third kappa shape index (κ3) is 2.63. The average molecular weight is 256 g/mol. The fourth-order valence-corrected chi connectivity index (χ4v) is 2.60. The molecule has 0 aliphatic carbocycles. The predicted molar refractivity (Wildman–Crippen MR) is 67.0 cm³/mol. The molecule has 1 N–H and O–H groups in total. The van der Waals surface area contributed by atoms with Crippen molar-refractivity contribution in [3.63, 3.8) is 0 Å². The van der Waals surface area contributed by atoms with Crippen LogP contribution in [0.1, 0.15) is 30.5 Å². The molecule has 2 heterocycles. The van der Waals surface area contributed by atoms with Gasteiger partial charge in [-0.25, -0.2) is 0 Å². The van der Waals surface area contributed by atoms with E-state index in [1.54, 1.807) is 4.68 Å². The molecule has 4 nitrogen and oxygen atoms in total. The fourth-order valence-electron chi connectivity index (χ4n) is 2.35. The molecule has 1 aliphatic rings. The molecule has 0 radical (unpaired) electrons. The lowest BCUT2D eigenvalue weighted by molar-refractivity contribution is -0.124. The van der Waals surface area contributed by atoms with E-state index in [2.05, 4.69) is 10.4 Å². The number of carbonyl (C=O) groups excluding carboxylic acids is 1. The highest BCUT2D eigenvalue weighted by Gasteiger charge is 2.24. The first-order valence-electron chi connectivity index (χ1n) is 6.05. The van der Waals surface area contributed by atoms with Gasteiger partial charge in [0.15, 0.2) is 0 Å². The summed E-state index contributed by atoms with van der Waals surface area (Å²) >= 11 is 6.19. The van der Waals surface area contributed by atoms with Crippen LogP contribution in [0, 0.1) is 12.8 Å². The molecule has 1 unspecified atom stereocenters. The second-order valence-corrected chi connectivity index (χ2v) is 5.02. The van der Waals surface area contributed by atoms with E-state index in [0.717, 1.165) is 37.1 Å². The Balaban J connectivity index is 2.16. The zero-order chi connectivity index (χ0) is 12.4. The number of carbonyl (C=O) groups is 1. The lowest BCUT2D eigenvalue weighted by Gasteiger charge is -2.12. The predicted octanol–water partition coefficient (Wildman–Crippen LogP) is 1.84. The standard InChI is InChI=1S/C12H18ClN3O/c1-8-10(11(13)16(2)15-8)7-9-5-3-4-6-14-12(9)17/h9H,3-7H2,1-2H3,(H,14,17). The van der Waals surface area contributed by atoms with Crippen molar-refractivity contribution in [3.8, 4) is 0 Å². The van der Waals surface area contributed by atoms with Gasteiger partial charge >= 0.3 is 0 Å². The number of hydrogen-bond donors (Lipinski definition) is 1. The summed E-state index contributed by atoms with van der Waals surface area (Å²) in [6, 6.07) is 0. The van der Waals surface area contributed by atoms with Gasteiger partial charge in [-0.1, -0.05) is 18.0 Å². The normalized spacial score (nSPS) is 21.1. The summed E-state index contributed by atoms with van der Waals surface area (Å²) in [7, 11) is 1.83. The number of amides is 1. The van der Waals surface area contributed by atoms with E-state index in [4.69, 9.17) is 11.6 Å². The van der Waals surface area contributed by atoms with Gasteiger partial charge in [-0.15, -0.1) is 0 Å². The maximum absolute atomic E-state index is 11.9. The SMILES string of the molecule is Cc1nn(C)c(Cl)c1CC1CCCCNC1=O. The van der Waals surface area contributed by atoms with Crippen LogP contribution in [0.25, 0.3) is 0 Å². The topological polar surface area (TPSA) is 46.9 Å². The molecule has 1 amide bonds. The van der Waals surface area contributed by atoms with Gasteiger partial charge in [-0.05, 0) is 26.2 Å². The molecule has 1 aromatic heterocycles. The molecule has 0 spiro atoms. The van der Waals surface area contributed by atoms with Crippen LogP contribution in [0.15, 0.2) is 0 Å². The van der Waals surface area contributed by atoms with E-state index in [1.165, 1.54) is 0 Å². The van der Waals surface area contributed by atoms with Gasteiger partial charge in [-0.3, -0.25) is 9.48 Å². The fraction of sp³-hybridized carbons (Fsp3) is 0.667. The quantitative estimate of drug-likeness (QED) is 0.877. The monoisotopic (exact) mass is 255 g/mol.